The second-order valence-corrected chi connectivity index (χ2v) is 6.26. The summed E-state index contributed by atoms with van der Waals surface area (Å²) >= 11 is 0. The summed E-state index contributed by atoms with van der Waals surface area (Å²) in [6, 6.07) is 11.4. The zero-order valence-electron chi connectivity index (χ0n) is 14.2. The van der Waals surface area contributed by atoms with Crippen LogP contribution in [0, 0.1) is 0 Å². The van der Waals surface area contributed by atoms with Gasteiger partial charge in [-0.1, -0.05) is 18.2 Å². The number of nitrogens with one attached hydrogen (secondary N) is 1. The van der Waals surface area contributed by atoms with Gasteiger partial charge in [0, 0.05) is 43.7 Å². The maximum Gasteiger partial charge on any atom is 0.251 e. The topological polar surface area (TPSA) is 62.3 Å². The Morgan fingerprint density at radius 2 is 2.00 bits per heavy atom. The molecule has 1 heterocycles. The van der Waals surface area contributed by atoms with E-state index in [0.717, 1.165) is 24.0 Å². The fraction of sp³-hybridized carbons (Fsp3) is 0.250. The molecular weight excluding hydrogens is 314 g/mol. The number of hydrogen-bond donors (Lipinski definition) is 1. The molecule has 25 heavy (non-hydrogen) atoms. The summed E-state index contributed by atoms with van der Waals surface area (Å²) in [7, 11) is 1.75. The molecule has 2 amide bonds. The number of benzene rings is 1. The van der Waals surface area contributed by atoms with Crippen molar-refractivity contribution in [1.82, 2.24) is 15.2 Å². The molecule has 0 saturated heterocycles. The SMILES string of the molecule is CN(Cc1cccnc1)C(=O)/C=C/c1ccc(C(=O)NC2CC2)cc1. The molecule has 128 valence electrons. The smallest absolute Gasteiger partial charge is 0.251 e. The lowest BCUT2D eigenvalue weighted by Gasteiger charge is -2.14. The molecule has 1 aromatic carbocycles. The zero-order valence-corrected chi connectivity index (χ0v) is 14.2. The molecule has 1 fully saturated rings. The van der Waals surface area contributed by atoms with E-state index in [-0.39, 0.29) is 11.8 Å². The largest absolute Gasteiger partial charge is 0.349 e. The molecule has 2 aromatic rings. The molecule has 1 aromatic heterocycles. The van der Waals surface area contributed by atoms with Gasteiger partial charge in [-0.2, -0.15) is 0 Å². The third-order valence-electron chi connectivity index (χ3n) is 4.02. The second kappa shape index (κ2) is 7.75. The van der Waals surface area contributed by atoms with Crippen LogP contribution >= 0.6 is 0 Å². The quantitative estimate of drug-likeness (QED) is 0.826. The van der Waals surface area contributed by atoms with Gasteiger partial charge in [0.1, 0.15) is 0 Å². The second-order valence-electron chi connectivity index (χ2n) is 6.26. The van der Waals surface area contributed by atoms with E-state index in [1.807, 2.05) is 24.3 Å². The third kappa shape index (κ3) is 5.01. The molecule has 1 aliphatic carbocycles. The molecule has 0 spiro atoms. The molecule has 0 bridgehead atoms. The number of carbonyl (C=O) groups is 2. The lowest BCUT2D eigenvalue weighted by molar-refractivity contribution is -0.125. The van der Waals surface area contributed by atoms with Crippen LogP contribution in [0.4, 0.5) is 0 Å². The van der Waals surface area contributed by atoms with E-state index in [1.54, 1.807) is 42.6 Å². The molecule has 0 unspecified atom stereocenters. The van der Waals surface area contributed by atoms with Crippen molar-refractivity contribution in [3.05, 3.63) is 71.6 Å². The van der Waals surface area contributed by atoms with Crippen LogP contribution in [0.2, 0.25) is 0 Å². The van der Waals surface area contributed by atoms with E-state index < -0.39 is 0 Å². The minimum Gasteiger partial charge on any atom is -0.349 e. The molecule has 0 aliphatic heterocycles. The number of nitrogens with zero attached hydrogens (tertiary/aromatic N) is 2. The van der Waals surface area contributed by atoms with Crippen molar-refractivity contribution in [2.75, 3.05) is 7.05 Å². The van der Waals surface area contributed by atoms with Crippen LogP contribution in [0.25, 0.3) is 6.08 Å². The predicted octanol–water partition coefficient (Wildman–Crippen LogP) is 2.65. The van der Waals surface area contributed by atoms with E-state index in [9.17, 15) is 9.59 Å². The average Bonchev–Trinajstić information content (AvgIpc) is 3.45. The first-order valence-corrected chi connectivity index (χ1v) is 8.35. The Balaban J connectivity index is 1.55. The van der Waals surface area contributed by atoms with Gasteiger partial charge in [-0.05, 0) is 48.2 Å². The van der Waals surface area contributed by atoms with Crippen LogP contribution in [-0.2, 0) is 11.3 Å². The van der Waals surface area contributed by atoms with Crippen LogP contribution in [-0.4, -0.2) is 34.8 Å². The summed E-state index contributed by atoms with van der Waals surface area (Å²) in [6.45, 7) is 0.511. The van der Waals surface area contributed by atoms with Crippen LogP contribution < -0.4 is 5.32 Å². The first-order chi connectivity index (χ1) is 12.1. The van der Waals surface area contributed by atoms with Gasteiger partial charge in [0.15, 0.2) is 0 Å². The number of hydrogen-bond acceptors (Lipinski definition) is 3. The molecular formula is C20H21N3O2. The Labute approximate surface area is 147 Å². The minimum atomic E-state index is -0.0839. The molecule has 0 radical (unpaired) electrons. The van der Waals surface area contributed by atoms with E-state index in [0.29, 0.717) is 18.2 Å². The molecule has 1 aliphatic rings. The lowest BCUT2D eigenvalue weighted by Crippen LogP contribution is -2.25. The number of carbonyl (C=O) groups excluding carboxylic acids is 2. The number of rotatable bonds is 6. The monoisotopic (exact) mass is 335 g/mol. The summed E-state index contributed by atoms with van der Waals surface area (Å²) in [5.74, 6) is -0.121. The molecule has 5 heteroatoms. The molecule has 5 nitrogen and oxygen atoms in total. The van der Waals surface area contributed by atoms with Crippen LogP contribution in [0.1, 0.15) is 34.3 Å². The van der Waals surface area contributed by atoms with Crippen molar-refractivity contribution in [1.29, 1.82) is 0 Å². The van der Waals surface area contributed by atoms with Crippen molar-refractivity contribution in [2.45, 2.75) is 25.4 Å². The Kier molecular flexibility index (Phi) is 5.23. The Bertz CT molecular complexity index is 765. The number of amides is 2. The average molecular weight is 335 g/mol. The molecule has 1 N–H and O–H groups in total. The minimum absolute atomic E-state index is 0.0368. The zero-order chi connectivity index (χ0) is 17.6. The van der Waals surface area contributed by atoms with Crippen molar-refractivity contribution < 1.29 is 9.59 Å². The Hall–Kier alpha value is -2.95. The highest BCUT2D eigenvalue weighted by Gasteiger charge is 2.23. The fourth-order valence-electron chi connectivity index (χ4n) is 2.38. The van der Waals surface area contributed by atoms with Crippen molar-refractivity contribution in [2.24, 2.45) is 0 Å². The van der Waals surface area contributed by atoms with Gasteiger partial charge in [0.05, 0.1) is 0 Å². The van der Waals surface area contributed by atoms with Crippen LogP contribution in [0.5, 0.6) is 0 Å². The summed E-state index contributed by atoms with van der Waals surface area (Å²) in [5, 5.41) is 2.96. The summed E-state index contributed by atoms with van der Waals surface area (Å²) < 4.78 is 0. The van der Waals surface area contributed by atoms with E-state index in [2.05, 4.69) is 10.3 Å². The maximum atomic E-state index is 12.2. The van der Waals surface area contributed by atoms with Crippen molar-refractivity contribution in [3.8, 4) is 0 Å². The summed E-state index contributed by atoms with van der Waals surface area (Å²) in [4.78, 5) is 29.8. The number of pyridine rings is 1. The number of aromatic nitrogens is 1. The highest BCUT2D eigenvalue weighted by atomic mass is 16.2. The first kappa shape index (κ1) is 16.9. The Morgan fingerprint density at radius 3 is 2.64 bits per heavy atom. The maximum absolute atomic E-state index is 12.2. The van der Waals surface area contributed by atoms with Gasteiger partial charge in [-0.3, -0.25) is 14.6 Å². The first-order valence-electron chi connectivity index (χ1n) is 8.35. The summed E-state index contributed by atoms with van der Waals surface area (Å²) in [5.41, 5.74) is 2.51. The molecule has 1 saturated carbocycles. The van der Waals surface area contributed by atoms with Gasteiger partial charge < -0.3 is 10.2 Å². The third-order valence-corrected chi connectivity index (χ3v) is 4.02. The van der Waals surface area contributed by atoms with Gasteiger partial charge >= 0.3 is 0 Å². The van der Waals surface area contributed by atoms with Crippen molar-refractivity contribution >= 4 is 17.9 Å². The molecule has 3 rings (SSSR count). The summed E-state index contributed by atoms with van der Waals surface area (Å²) in [6.07, 6.45) is 8.89. The van der Waals surface area contributed by atoms with Gasteiger partial charge in [-0.25, -0.2) is 0 Å². The van der Waals surface area contributed by atoms with Crippen molar-refractivity contribution in [3.63, 3.8) is 0 Å². The fourth-order valence-corrected chi connectivity index (χ4v) is 2.38. The predicted molar refractivity (Wildman–Crippen MR) is 96.7 cm³/mol. The van der Waals surface area contributed by atoms with E-state index >= 15 is 0 Å². The lowest BCUT2D eigenvalue weighted by atomic mass is 10.1. The molecule has 0 atom stereocenters. The number of likely N-dealkylation sites (N-methyl/N-ethyl adjacent to an activating group) is 1. The van der Waals surface area contributed by atoms with Crippen LogP contribution in [0.15, 0.2) is 54.9 Å². The van der Waals surface area contributed by atoms with Gasteiger partial charge in [-0.15, -0.1) is 0 Å². The highest BCUT2D eigenvalue weighted by molar-refractivity contribution is 5.95. The van der Waals surface area contributed by atoms with Gasteiger partial charge in [0.2, 0.25) is 5.91 Å². The van der Waals surface area contributed by atoms with Gasteiger partial charge in [0.25, 0.3) is 5.91 Å². The van der Waals surface area contributed by atoms with Crippen LogP contribution in [0.3, 0.4) is 0 Å². The van der Waals surface area contributed by atoms with E-state index in [4.69, 9.17) is 0 Å². The van der Waals surface area contributed by atoms with E-state index in [1.165, 1.54) is 6.08 Å². The normalized spacial score (nSPS) is 13.6. The standard InChI is InChI=1S/C20H21N3O2/c1-23(14-16-3-2-12-21-13-16)19(24)11-6-15-4-7-17(8-5-15)20(25)22-18-9-10-18/h2-8,11-13,18H,9-10,14H2,1H3,(H,22,25)/b11-6+. The highest BCUT2D eigenvalue weighted by Crippen LogP contribution is 2.19. The Morgan fingerprint density at radius 1 is 1.24 bits per heavy atom.